The number of amides is 1. The number of Topliss-reactive ketones (excluding diaryl/α,β-unsaturated/α-hetero) is 1. The standard InChI is InChI=1S/C23H19ClN2O5/c1-13-5-7-18(31-13)20-19(21(27)16-10-15(24)6-8-17(16)30-2)22(28)23(29)26(20)12-14-4-3-9-25-11-14/h3-11,20,27H,12H2,1-2H3/b21-19+. The van der Waals surface area contributed by atoms with E-state index in [-0.39, 0.29) is 23.4 Å². The maximum atomic E-state index is 13.1. The molecule has 1 aliphatic rings. The molecule has 0 aliphatic carbocycles. The molecule has 1 atom stereocenters. The van der Waals surface area contributed by atoms with E-state index < -0.39 is 17.7 Å². The van der Waals surface area contributed by atoms with Crippen molar-refractivity contribution >= 4 is 29.1 Å². The lowest BCUT2D eigenvalue weighted by Gasteiger charge is -2.23. The monoisotopic (exact) mass is 438 g/mol. The number of rotatable bonds is 5. The van der Waals surface area contributed by atoms with Crippen molar-refractivity contribution in [2.75, 3.05) is 7.11 Å². The first kappa shape index (κ1) is 20.7. The molecule has 2 aromatic heterocycles. The first-order chi connectivity index (χ1) is 14.9. The lowest BCUT2D eigenvalue weighted by Crippen LogP contribution is -2.29. The Bertz CT molecular complexity index is 1190. The molecular weight excluding hydrogens is 420 g/mol. The molecule has 1 saturated heterocycles. The highest BCUT2D eigenvalue weighted by atomic mass is 35.5. The Morgan fingerprint density at radius 1 is 1.26 bits per heavy atom. The molecule has 1 aliphatic heterocycles. The van der Waals surface area contributed by atoms with Gasteiger partial charge < -0.3 is 19.2 Å². The van der Waals surface area contributed by atoms with Gasteiger partial charge in [0.25, 0.3) is 11.7 Å². The number of methoxy groups -OCH3 is 1. The van der Waals surface area contributed by atoms with Gasteiger partial charge in [0.15, 0.2) is 0 Å². The number of hydrogen-bond acceptors (Lipinski definition) is 6. The van der Waals surface area contributed by atoms with Gasteiger partial charge in [-0.25, -0.2) is 0 Å². The topological polar surface area (TPSA) is 92.9 Å². The Morgan fingerprint density at radius 2 is 2.06 bits per heavy atom. The van der Waals surface area contributed by atoms with Crippen molar-refractivity contribution in [2.45, 2.75) is 19.5 Å². The number of hydrogen-bond donors (Lipinski definition) is 1. The second-order valence-electron chi connectivity index (χ2n) is 7.08. The number of nitrogens with zero attached hydrogens (tertiary/aromatic N) is 2. The molecule has 3 aromatic rings. The number of likely N-dealkylation sites (tertiary alicyclic amines) is 1. The van der Waals surface area contributed by atoms with Crippen molar-refractivity contribution in [2.24, 2.45) is 0 Å². The summed E-state index contributed by atoms with van der Waals surface area (Å²) in [5, 5.41) is 11.5. The van der Waals surface area contributed by atoms with Crippen LogP contribution in [-0.2, 0) is 16.1 Å². The Balaban J connectivity index is 1.89. The Hall–Kier alpha value is -3.58. The van der Waals surface area contributed by atoms with Crippen molar-refractivity contribution in [3.05, 3.63) is 88.1 Å². The molecule has 31 heavy (non-hydrogen) atoms. The first-order valence-electron chi connectivity index (χ1n) is 9.48. The van der Waals surface area contributed by atoms with Gasteiger partial charge in [-0.1, -0.05) is 17.7 Å². The Morgan fingerprint density at radius 3 is 2.71 bits per heavy atom. The number of aliphatic hydroxyl groups excluding tert-OH is 1. The van der Waals surface area contributed by atoms with Crippen LogP contribution in [0.5, 0.6) is 5.75 Å². The number of aryl methyl sites for hydroxylation is 1. The smallest absolute Gasteiger partial charge is 0.296 e. The summed E-state index contributed by atoms with van der Waals surface area (Å²) in [6.45, 7) is 1.88. The quantitative estimate of drug-likeness (QED) is 0.363. The lowest BCUT2D eigenvalue weighted by atomic mass is 9.98. The van der Waals surface area contributed by atoms with Gasteiger partial charge in [0.05, 0.1) is 18.2 Å². The van der Waals surface area contributed by atoms with Gasteiger partial charge in [0.2, 0.25) is 0 Å². The van der Waals surface area contributed by atoms with Crippen molar-refractivity contribution < 1.29 is 23.8 Å². The van der Waals surface area contributed by atoms with Crippen LogP contribution in [0.3, 0.4) is 0 Å². The molecule has 8 heteroatoms. The highest BCUT2D eigenvalue weighted by Crippen LogP contribution is 2.42. The predicted octanol–water partition coefficient (Wildman–Crippen LogP) is 4.27. The third-order valence-corrected chi connectivity index (χ3v) is 5.30. The fraction of sp³-hybridized carbons (Fsp3) is 0.174. The van der Waals surface area contributed by atoms with Crippen molar-refractivity contribution in [1.82, 2.24) is 9.88 Å². The number of ketones is 1. The van der Waals surface area contributed by atoms with Gasteiger partial charge in [0.1, 0.15) is 29.1 Å². The molecule has 158 valence electrons. The van der Waals surface area contributed by atoms with Crippen LogP contribution in [0.1, 0.15) is 28.7 Å². The molecule has 1 fully saturated rings. The van der Waals surface area contributed by atoms with Crippen LogP contribution >= 0.6 is 11.6 Å². The molecule has 0 spiro atoms. The third kappa shape index (κ3) is 3.80. The average molecular weight is 439 g/mol. The summed E-state index contributed by atoms with van der Waals surface area (Å²) in [6, 6.07) is 10.7. The number of aliphatic hydroxyl groups is 1. The van der Waals surface area contributed by atoms with E-state index in [1.807, 2.05) is 0 Å². The molecule has 0 bridgehead atoms. The zero-order chi connectivity index (χ0) is 22.1. The number of carbonyl (C=O) groups excluding carboxylic acids is 2. The summed E-state index contributed by atoms with van der Waals surface area (Å²) in [5.74, 6) is -0.654. The molecule has 7 nitrogen and oxygen atoms in total. The van der Waals surface area contributed by atoms with Gasteiger partial charge in [0, 0.05) is 24.0 Å². The second-order valence-corrected chi connectivity index (χ2v) is 7.52. The zero-order valence-electron chi connectivity index (χ0n) is 16.8. The maximum Gasteiger partial charge on any atom is 0.296 e. The fourth-order valence-corrected chi connectivity index (χ4v) is 3.81. The summed E-state index contributed by atoms with van der Waals surface area (Å²) in [7, 11) is 1.44. The molecule has 3 heterocycles. The highest BCUT2D eigenvalue weighted by Gasteiger charge is 2.47. The summed E-state index contributed by atoms with van der Waals surface area (Å²) in [5.41, 5.74) is 0.851. The third-order valence-electron chi connectivity index (χ3n) is 5.06. The van der Waals surface area contributed by atoms with Gasteiger partial charge in [-0.3, -0.25) is 14.6 Å². The van der Waals surface area contributed by atoms with Crippen molar-refractivity contribution in [3.8, 4) is 5.75 Å². The SMILES string of the molecule is COc1ccc(Cl)cc1/C(O)=C1\C(=O)C(=O)N(Cc2cccnc2)C1c1ccc(C)o1. The summed E-state index contributed by atoms with van der Waals surface area (Å²) in [6.07, 6.45) is 3.24. The number of aromatic nitrogens is 1. The lowest BCUT2D eigenvalue weighted by molar-refractivity contribution is -0.140. The summed E-state index contributed by atoms with van der Waals surface area (Å²) < 4.78 is 11.1. The average Bonchev–Trinajstić information content (AvgIpc) is 3.30. The van der Waals surface area contributed by atoms with Crippen LogP contribution in [0.4, 0.5) is 0 Å². The number of carbonyl (C=O) groups is 2. The van der Waals surface area contributed by atoms with E-state index in [4.69, 9.17) is 20.8 Å². The second kappa shape index (κ2) is 8.28. The summed E-state index contributed by atoms with van der Waals surface area (Å²) >= 11 is 6.11. The minimum absolute atomic E-state index is 0.0937. The minimum atomic E-state index is -0.919. The number of benzene rings is 1. The van der Waals surface area contributed by atoms with E-state index in [9.17, 15) is 14.7 Å². The first-order valence-corrected chi connectivity index (χ1v) is 9.86. The van der Waals surface area contributed by atoms with Gasteiger partial charge >= 0.3 is 0 Å². The van der Waals surface area contributed by atoms with Crippen LogP contribution in [-0.4, -0.2) is 33.8 Å². The molecule has 1 aromatic carbocycles. The molecule has 1 N–H and O–H groups in total. The number of furan rings is 1. The van der Waals surface area contributed by atoms with Crippen molar-refractivity contribution in [3.63, 3.8) is 0 Å². The van der Waals surface area contributed by atoms with Gasteiger partial charge in [-0.05, 0) is 48.9 Å². The van der Waals surface area contributed by atoms with E-state index in [0.717, 1.165) is 5.56 Å². The van der Waals surface area contributed by atoms with E-state index in [0.29, 0.717) is 22.3 Å². The molecule has 1 amide bonds. The van der Waals surface area contributed by atoms with E-state index >= 15 is 0 Å². The molecular formula is C23H19ClN2O5. The van der Waals surface area contributed by atoms with Gasteiger partial charge in [-0.2, -0.15) is 0 Å². The van der Waals surface area contributed by atoms with Crippen LogP contribution < -0.4 is 4.74 Å². The zero-order valence-corrected chi connectivity index (χ0v) is 17.6. The molecule has 4 rings (SSSR count). The number of pyridine rings is 1. The van der Waals surface area contributed by atoms with E-state index in [2.05, 4.69) is 4.98 Å². The minimum Gasteiger partial charge on any atom is -0.507 e. The van der Waals surface area contributed by atoms with E-state index in [1.165, 1.54) is 18.1 Å². The summed E-state index contributed by atoms with van der Waals surface area (Å²) in [4.78, 5) is 31.5. The van der Waals surface area contributed by atoms with Crippen molar-refractivity contribution in [1.29, 1.82) is 0 Å². The maximum absolute atomic E-state index is 13.1. The van der Waals surface area contributed by atoms with Gasteiger partial charge in [-0.15, -0.1) is 0 Å². The van der Waals surface area contributed by atoms with Crippen LogP contribution in [0.25, 0.3) is 5.76 Å². The molecule has 0 radical (unpaired) electrons. The van der Waals surface area contributed by atoms with E-state index in [1.54, 1.807) is 55.7 Å². The number of ether oxygens (including phenoxy) is 1. The van der Waals surface area contributed by atoms with Crippen LogP contribution in [0, 0.1) is 6.92 Å². The van der Waals surface area contributed by atoms with Crippen LogP contribution in [0.15, 0.2) is 64.8 Å². The predicted molar refractivity (Wildman–Crippen MR) is 114 cm³/mol. The largest absolute Gasteiger partial charge is 0.507 e. The molecule has 1 unspecified atom stereocenters. The number of halogens is 1. The normalized spacial score (nSPS) is 17.9. The highest BCUT2D eigenvalue weighted by molar-refractivity contribution is 6.46. The fourth-order valence-electron chi connectivity index (χ4n) is 3.64. The van der Waals surface area contributed by atoms with Crippen LogP contribution in [0.2, 0.25) is 5.02 Å². The Labute approximate surface area is 183 Å². The Kier molecular flexibility index (Phi) is 5.52. The molecule has 0 saturated carbocycles.